The molecule has 1 aliphatic carbocycles. The lowest BCUT2D eigenvalue weighted by atomic mass is 9.90. The van der Waals surface area contributed by atoms with Crippen LogP contribution < -0.4 is 5.32 Å². The summed E-state index contributed by atoms with van der Waals surface area (Å²) in [6.45, 7) is 0. The predicted octanol–water partition coefficient (Wildman–Crippen LogP) is 2.28. The quantitative estimate of drug-likeness (QED) is 0.880. The summed E-state index contributed by atoms with van der Waals surface area (Å²) < 4.78 is 1.13. The molecule has 0 radical (unpaired) electrons. The molecule has 0 aromatic heterocycles. The summed E-state index contributed by atoms with van der Waals surface area (Å²) in [6.07, 6.45) is 3.39. The molecular weight excluding hydrogens is 292 g/mol. The van der Waals surface area contributed by atoms with E-state index in [1.54, 1.807) is 0 Å². The van der Waals surface area contributed by atoms with Gasteiger partial charge >= 0.3 is 0 Å². The van der Waals surface area contributed by atoms with Crippen LogP contribution in [0.3, 0.4) is 0 Å². The fourth-order valence-electron chi connectivity index (χ4n) is 2.81. The standard InChI is InChI=1S/C14H17BrN2O/c15-11-4-2-1-3-9(11)7-14-16-12-6-5-10(18)8-13(12)17-14/h1-4,10,12-13,18H,5-8H2,(H,16,17). The second-order valence-electron chi connectivity index (χ2n) is 5.13. The van der Waals surface area contributed by atoms with Crippen LogP contribution in [0, 0.1) is 0 Å². The van der Waals surface area contributed by atoms with Crippen molar-refractivity contribution in [1.82, 2.24) is 5.32 Å². The molecule has 3 rings (SSSR count). The van der Waals surface area contributed by atoms with Crippen LogP contribution in [0.25, 0.3) is 0 Å². The molecule has 3 unspecified atom stereocenters. The number of hydrogen-bond acceptors (Lipinski definition) is 3. The molecule has 0 spiro atoms. The third-order valence-electron chi connectivity index (χ3n) is 3.78. The van der Waals surface area contributed by atoms with Gasteiger partial charge in [0.1, 0.15) is 5.84 Å². The third-order valence-corrected chi connectivity index (χ3v) is 4.55. The Bertz CT molecular complexity index is 475. The van der Waals surface area contributed by atoms with Crippen molar-refractivity contribution in [2.75, 3.05) is 0 Å². The van der Waals surface area contributed by atoms with Crippen LogP contribution in [0.2, 0.25) is 0 Å². The third kappa shape index (κ3) is 2.45. The molecule has 2 N–H and O–H groups in total. The summed E-state index contributed by atoms with van der Waals surface area (Å²) in [5, 5.41) is 13.1. The summed E-state index contributed by atoms with van der Waals surface area (Å²) in [7, 11) is 0. The molecule has 1 aliphatic heterocycles. The van der Waals surface area contributed by atoms with E-state index in [0.717, 1.165) is 36.0 Å². The second kappa shape index (κ2) is 5.02. The van der Waals surface area contributed by atoms with Gasteiger partial charge in [-0.3, -0.25) is 4.99 Å². The minimum atomic E-state index is -0.156. The van der Waals surface area contributed by atoms with Gasteiger partial charge in [-0.15, -0.1) is 0 Å². The Labute approximate surface area is 115 Å². The maximum Gasteiger partial charge on any atom is 0.101 e. The van der Waals surface area contributed by atoms with Crippen LogP contribution in [-0.4, -0.2) is 29.1 Å². The number of aliphatic hydroxyl groups excluding tert-OH is 1. The van der Waals surface area contributed by atoms with Crippen molar-refractivity contribution in [3.63, 3.8) is 0 Å². The van der Waals surface area contributed by atoms with E-state index in [9.17, 15) is 5.11 Å². The highest BCUT2D eigenvalue weighted by molar-refractivity contribution is 9.10. The summed E-state index contributed by atoms with van der Waals surface area (Å²) >= 11 is 3.57. The zero-order chi connectivity index (χ0) is 12.5. The molecule has 3 atom stereocenters. The summed E-state index contributed by atoms with van der Waals surface area (Å²) in [4.78, 5) is 4.75. The van der Waals surface area contributed by atoms with Crippen LogP contribution >= 0.6 is 15.9 Å². The normalized spacial score (nSPS) is 30.6. The van der Waals surface area contributed by atoms with Crippen molar-refractivity contribution in [2.24, 2.45) is 4.99 Å². The van der Waals surface area contributed by atoms with Gasteiger partial charge in [-0.2, -0.15) is 0 Å². The van der Waals surface area contributed by atoms with Gasteiger partial charge < -0.3 is 10.4 Å². The van der Waals surface area contributed by atoms with Gasteiger partial charge in [-0.25, -0.2) is 0 Å². The molecule has 1 fully saturated rings. The highest BCUT2D eigenvalue weighted by Crippen LogP contribution is 2.26. The van der Waals surface area contributed by atoms with Crippen LogP contribution in [0.15, 0.2) is 33.7 Å². The average molecular weight is 309 g/mol. The predicted molar refractivity (Wildman–Crippen MR) is 75.9 cm³/mol. The van der Waals surface area contributed by atoms with Crippen molar-refractivity contribution in [3.8, 4) is 0 Å². The Morgan fingerprint density at radius 1 is 1.33 bits per heavy atom. The van der Waals surface area contributed by atoms with Gasteiger partial charge in [0.05, 0.1) is 18.2 Å². The number of fused-ring (bicyclic) bond motifs is 1. The van der Waals surface area contributed by atoms with Crippen LogP contribution in [-0.2, 0) is 6.42 Å². The van der Waals surface area contributed by atoms with E-state index in [1.165, 1.54) is 5.56 Å². The largest absolute Gasteiger partial charge is 0.393 e. The number of aliphatic hydroxyl groups is 1. The molecule has 3 nitrogen and oxygen atoms in total. The Morgan fingerprint density at radius 2 is 2.17 bits per heavy atom. The first kappa shape index (κ1) is 12.2. The van der Waals surface area contributed by atoms with Crippen molar-refractivity contribution in [1.29, 1.82) is 0 Å². The lowest BCUT2D eigenvalue weighted by Crippen LogP contribution is -2.41. The topological polar surface area (TPSA) is 44.6 Å². The van der Waals surface area contributed by atoms with Gasteiger partial charge in [-0.05, 0) is 30.9 Å². The van der Waals surface area contributed by atoms with Gasteiger partial charge in [0.25, 0.3) is 0 Å². The van der Waals surface area contributed by atoms with Crippen LogP contribution in [0.5, 0.6) is 0 Å². The minimum absolute atomic E-state index is 0.156. The van der Waals surface area contributed by atoms with Gasteiger partial charge in [0.15, 0.2) is 0 Å². The summed E-state index contributed by atoms with van der Waals surface area (Å²) in [5.74, 6) is 1.06. The van der Waals surface area contributed by atoms with E-state index in [1.807, 2.05) is 12.1 Å². The molecule has 0 saturated heterocycles. The van der Waals surface area contributed by atoms with Gasteiger partial charge in [0.2, 0.25) is 0 Å². The summed E-state index contributed by atoms with van der Waals surface area (Å²) in [6, 6.07) is 8.95. The number of halogens is 1. The van der Waals surface area contributed by atoms with Crippen molar-refractivity contribution < 1.29 is 5.11 Å². The maximum absolute atomic E-state index is 9.68. The smallest absolute Gasteiger partial charge is 0.101 e. The highest BCUT2D eigenvalue weighted by atomic mass is 79.9. The first-order valence-corrected chi connectivity index (χ1v) is 7.26. The van der Waals surface area contributed by atoms with Crippen molar-refractivity contribution in [2.45, 2.75) is 43.9 Å². The minimum Gasteiger partial charge on any atom is -0.393 e. The average Bonchev–Trinajstić information content (AvgIpc) is 2.73. The van der Waals surface area contributed by atoms with E-state index < -0.39 is 0 Å². The monoisotopic (exact) mass is 308 g/mol. The first-order chi connectivity index (χ1) is 8.72. The van der Waals surface area contributed by atoms with E-state index >= 15 is 0 Å². The molecule has 4 heteroatoms. The molecular formula is C14H17BrN2O. The molecule has 0 amide bonds. The number of rotatable bonds is 2. The second-order valence-corrected chi connectivity index (χ2v) is 5.98. The number of hydrogen-bond donors (Lipinski definition) is 2. The number of amidine groups is 1. The van der Waals surface area contributed by atoms with E-state index in [-0.39, 0.29) is 6.10 Å². The lowest BCUT2D eigenvalue weighted by Gasteiger charge is -2.27. The number of aliphatic imine (C=N–C) groups is 1. The molecule has 1 heterocycles. The molecule has 18 heavy (non-hydrogen) atoms. The Hall–Kier alpha value is -0.870. The fourth-order valence-corrected chi connectivity index (χ4v) is 3.24. The Kier molecular flexibility index (Phi) is 3.39. The van der Waals surface area contributed by atoms with Crippen molar-refractivity contribution in [3.05, 3.63) is 34.3 Å². The van der Waals surface area contributed by atoms with Crippen molar-refractivity contribution >= 4 is 21.8 Å². The molecule has 1 aromatic rings. The Morgan fingerprint density at radius 3 is 3.00 bits per heavy atom. The van der Waals surface area contributed by atoms with Crippen LogP contribution in [0.4, 0.5) is 0 Å². The zero-order valence-corrected chi connectivity index (χ0v) is 11.7. The highest BCUT2D eigenvalue weighted by Gasteiger charge is 2.34. The fraction of sp³-hybridized carbons (Fsp3) is 0.500. The zero-order valence-electron chi connectivity index (χ0n) is 10.1. The van der Waals surface area contributed by atoms with E-state index in [2.05, 4.69) is 33.4 Å². The SMILES string of the molecule is OC1CCC2N=C(Cc3ccccc3Br)NC2C1. The Balaban J connectivity index is 1.70. The van der Waals surface area contributed by atoms with E-state index in [4.69, 9.17) is 4.99 Å². The number of nitrogens with zero attached hydrogens (tertiary/aromatic N) is 1. The molecule has 96 valence electrons. The molecule has 2 aliphatic rings. The molecule has 1 saturated carbocycles. The maximum atomic E-state index is 9.68. The number of nitrogens with one attached hydrogen (secondary N) is 1. The molecule has 1 aromatic carbocycles. The van der Waals surface area contributed by atoms with Gasteiger partial charge in [-0.1, -0.05) is 34.1 Å². The summed E-state index contributed by atoms with van der Waals surface area (Å²) in [5.41, 5.74) is 1.25. The lowest BCUT2D eigenvalue weighted by molar-refractivity contribution is 0.112. The first-order valence-electron chi connectivity index (χ1n) is 6.47. The molecule has 0 bridgehead atoms. The van der Waals surface area contributed by atoms with E-state index in [0.29, 0.717) is 12.1 Å². The van der Waals surface area contributed by atoms with Gasteiger partial charge in [0, 0.05) is 10.9 Å². The van der Waals surface area contributed by atoms with Crippen LogP contribution in [0.1, 0.15) is 24.8 Å². The number of benzene rings is 1.